The molecule has 0 saturated heterocycles. The number of rotatable bonds is 3. The zero-order valence-electron chi connectivity index (χ0n) is 34.9. The molecule has 0 saturated carbocycles. The number of phenols is 17. The van der Waals surface area contributed by atoms with Gasteiger partial charge >= 0.3 is 0 Å². The van der Waals surface area contributed by atoms with Crippen molar-refractivity contribution >= 4 is 35.5 Å². The van der Waals surface area contributed by atoms with Crippen molar-refractivity contribution in [1.29, 1.82) is 0 Å². The summed E-state index contributed by atoms with van der Waals surface area (Å²) in [6.45, 7) is 0. The molecule has 1 spiro atoms. The Hall–Kier alpha value is -10.2. The summed E-state index contributed by atoms with van der Waals surface area (Å²) in [5, 5.41) is 193. The van der Waals surface area contributed by atoms with Crippen molar-refractivity contribution in [1.82, 2.24) is 4.57 Å². The Labute approximate surface area is 389 Å². The van der Waals surface area contributed by atoms with E-state index in [2.05, 4.69) is 0 Å². The zero-order chi connectivity index (χ0) is 49.9. The number of nitrogens with zero attached hydrogens (tertiary/aromatic N) is 1. The van der Waals surface area contributed by atoms with Gasteiger partial charge in [0.25, 0.3) is 0 Å². The Balaban J connectivity index is 1.36. The van der Waals surface area contributed by atoms with E-state index in [1.54, 1.807) is 0 Å². The summed E-state index contributed by atoms with van der Waals surface area (Å²) in [6, 6.07) is 14.4. The molecular weight excluding hydrogens is 917 g/mol. The molecule has 70 heavy (non-hydrogen) atoms. The lowest BCUT2D eigenvalue weighted by molar-refractivity contribution is 0.0915. The molecule has 0 amide bonds. The van der Waals surface area contributed by atoms with Crippen LogP contribution in [0.4, 0.5) is 0 Å². The lowest BCUT2D eigenvalue weighted by Crippen LogP contribution is -2.26. The molecule has 11 rings (SSSR count). The van der Waals surface area contributed by atoms with Crippen LogP contribution >= 0.6 is 0 Å². The minimum Gasteiger partial charge on any atom is -0.508 e. The van der Waals surface area contributed by atoms with E-state index < -0.39 is 153 Å². The fourth-order valence-corrected chi connectivity index (χ4v) is 10.2. The van der Waals surface area contributed by atoms with Crippen molar-refractivity contribution in [3.8, 4) is 148 Å². The third-order valence-electron chi connectivity index (χ3n) is 12.8. The average Bonchev–Trinajstić information content (AvgIpc) is 3.70. The Morgan fingerprint density at radius 1 is 0.371 bits per heavy atom. The molecule has 8 aromatic carbocycles. The van der Waals surface area contributed by atoms with E-state index in [0.717, 1.165) is 53.1 Å². The minimum absolute atomic E-state index is 0.0259. The standard InChI is InChI=1S/C49H30BNO19/c50-16-9-23(55)31(24(56)10-16)14-5-27(59)39-29(7-14)69-70-30-8-15(32-25(57)12-18(53)13-26(32)58)6-28(60)40(30)51(39)21-3-4-22(54)36-33(21)19-2-1-17(52)11-20(19)49(36)37-34(41(61)45(65)47(67)43(37)63)35-38(49)44(64)48(68)46(66)42(35)62/h1-13,52-68H. The molecule has 0 bridgehead atoms. The first-order chi connectivity index (χ1) is 33.2. The van der Waals surface area contributed by atoms with E-state index >= 15 is 0 Å². The largest absolute Gasteiger partial charge is 0.508 e. The summed E-state index contributed by atoms with van der Waals surface area (Å²) in [5.41, 5.74) is -9.11. The topological polar surface area (TPSA) is 375 Å². The molecule has 0 fully saturated rings. The number of benzene rings is 8. The molecule has 21 heteroatoms. The van der Waals surface area contributed by atoms with Crippen LogP contribution in [0.25, 0.3) is 72.4 Å². The second-order valence-electron chi connectivity index (χ2n) is 16.6. The Bertz CT molecular complexity index is 3720. The highest BCUT2D eigenvalue weighted by Gasteiger charge is 2.60. The van der Waals surface area contributed by atoms with Gasteiger partial charge in [-0.2, -0.15) is 0 Å². The summed E-state index contributed by atoms with van der Waals surface area (Å²) in [5.74, 6) is -16.0. The highest BCUT2D eigenvalue weighted by atomic mass is 17.0. The van der Waals surface area contributed by atoms with Crippen LogP contribution in [0.1, 0.15) is 22.3 Å². The van der Waals surface area contributed by atoms with Crippen LogP contribution in [-0.4, -0.2) is 99.2 Å². The molecular formula is C49H30BNO19. The van der Waals surface area contributed by atoms with Gasteiger partial charge in [0.15, 0.2) is 23.0 Å². The van der Waals surface area contributed by atoms with E-state index in [-0.39, 0.29) is 50.1 Å². The van der Waals surface area contributed by atoms with Crippen LogP contribution in [0.15, 0.2) is 88.0 Å². The van der Waals surface area contributed by atoms with Gasteiger partial charge in [-0.1, -0.05) is 11.5 Å². The smallest absolute Gasteiger partial charge is 0.207 e. The monoisotopic (exact) mass is 947 g/mol. The Kier molecular flexibility index (Phi) is 8.45. The molecule has 0 unspecified atom stereocenters. The van der Waals surface area contributed by atoms with Gasteiger partial charge in [0, 0.05) is 45.5 Å². The van der Waals surface area contributed by atoms with E-state index in [1.165, 1.54) is 30.3 Å². The fraction of sp³-hybridized carbons (Fsp3) is 0.0204. The molecule has 17 N–H and O–H groups in total. The molecule has 2 radical (unpaired) electrons. The van der Waals surface area contributed by atoms with Crippen LogP contribution < -0.4 is 5.46 Å². The maximum Gasteiger partial charge on any atom is 0.207 e. The van der Waals surface area contributed by atoms with Crippen LogP contribution in [-0.2, 0) is 5.41 Å². The molecule has 2 aliphatic carbocycles. The van der Waals surface area contributed by atoms with Gasteiger partial charge in [-0.25, -0.2) is 0 Å². The molecule has 1 heterocycles. The average molecular weight is 948 g/mol. The summed E-state index contributed by atoms with van der Waals surface area (Å²) in [6.07, 6.45) is 0. The van der Waals surface area contributed by atoms with Crippen LogP contribution in [0.5, 0.6) is 97.7 Å². The maximum atomic E-state index is 12.3. The van der Waals surface area contributed by atoms with Crippen molar-refractivity contribution in [3.63, 3.8) is 0 Å². The molecule has 20 nitrogen and oxygen atoms in total. The number of hydrogen-bond donors (Lipinski definition) is 17. The normalized spacial score (nSPS) is 12.9. The molecule has 0 aliphatic heterocycles. The SMILES string of the molecule is [B]c1cc(O)c(-c2cc(O)c3c(c2)ooc2cc(-c4c(O)cc(O)cc4O)cc(O)c2n3-c2ccc(O)c3c2-c2ccc(O)cc2C32c3c(O)c(O)c(O)c(O)c3-c3c(O)c(O)c(O)c(O)c32)c(O)c1. The summed E-state index contributed by atoms with van der Waals surface area (Å²) >= 11 is 0. The van der Waals surface area contributed by atoms with Crippen LogP contribution in [0, 0.1) is 0 Å². The lowest BCUT2D eigenvalue weighted by atomic mass is 9.69. The van der Waals surface area contributed by atoms with Crippen LogP contribution in [0.3, 0.4) is 0 Å². The van der Waals surface area contributed by atoms with Gasteiger partial charge in [0.2, 0.25) is 34.2 Å². The molecule has 2 aliphatic rings. The van der Waals surface area contributed by atoms with Crippen molar-refractivity contribution in [2.45, 2.75) is 5.41 Å². The predicted molar refractivity (Wildman–Crippen MR) is 244 cm³/mol. The third-order valence-corrected chi connectivity index (χ3v) is 12.8. The van der Waals surface area contributed by atoms with Gasteiger partial charge < -0.3 is 86.8 Å². The van der Waals surface area contributed by atoms with E-state index in [0.29, 0.717) is 0 Å². The molecule has 1 aromatic heterocycles. The predicted octanol–water partition coefficient (Wildman–Crippen LogP) is 6.56. The number of aromatic hydroxyl groups is 17. The Morgan fingerprint density at radius 3 is 1.31 bits per heavy atom. The lowest BCUT2D eigenvalue weighted by Gasteiger charge is -2.32. The van der Waals surface area contributed by atoms with Crippen molar-refractivity contribution in [3.05, 3.63) is 101 Å². The molecule has 0 atom stereocenters. The first-order valence-electron chi connectivity index (χ1n) is 20.4. The second kappa shape index (κ2) is 13.9. The van der Waals surface area contributed by atoms with Crippen molar-refractivity contribution in [2.24, 2.45) is 0 Å². The van der Waals surface area contributed by atoms with E-state index in [1.807, 2.05) is 0 Å². The van der Waals surface area contributed by atoms with E-state index in [9.17, 15) is 86.8 Å². The number of hydrogen-bond acceptors (Lipinski definition) is 19. The van der Waals surface area contributed by atoms with Crippen LogP contribution in [0.2, 0.25) is 0 Å². The third kappa shape index (κ3) is 5.24. The summed E-state index contributed by atoms with van der Waals surface area (Å²) in [4.78, 5) is 0. The molecule has 9 aromatic rings. The fourth-order valence-electron chi connectivity index (χ4n) is 10.2. The second-order valence-corrected chi connectivity index (χ2v) is 16.6. The highest BCUT2D eigenvalue weighted by molar-refractivity contribution is 6.32. The van der Waals surface area contributed by atoms with Gasteiger partial charge in [0.1, 0.15) is 70.6 Å². The first-order valence-corrected chi connectivity index (χ1v) is 20.4. The number of fused-ring (bicyclic) bond motifs is 12. The highest BCUT2D eigenvalue weighted by Crippen LogP contribution is 2.75. The minimum atomic E-state index is -2.60. The van der Waals surface area contributed by atoms with Gasteiger partial charge in [0.05, 0.1) is 22.2 Å². The molecule has 348 valence electrons. The van der Waals surface area contributed by atoms with Crippen molar-refractivity contribution in [2.75, 3.05) is 0 Å². The van der Waals surface area contributed by atoms with E-state index in [4.69, 9.17) is 17.0 Å². The quantitative estimate of drug-likeness (QED) is 0.0386. The van der Waals surface area contributed by atoms with Crippen molar-refractivity contribution < 1.29 is 96.0 Å². The number of aromatic nitrogens is 1. The summed E-state index contributed by atoms with van der Waals surface area (Å²) in [7, 11) is 5.83. The first kappa shape index (κ1) is 42.5. The number of phenolic OH excluding ortho intramolecular Hbond substituents is 17. The Morgan fingerprint density at radius 2 is 0.829 bits per heavy atom. The summed E-state index contributed by atoms with van der Waals surface area (Å²) < 4.78 is 12.8. The maximum absolute atomic E-state index is 12.3. The van der Waals surface area contributed by atoms with Gasteiger partial charge in [-0.05, 0) is 82.9 Å². The zero-order valence-corrected chi connectivity index (χ0v) is 34.9. The van der Waals surface area contributed by atoms with Gasteiger partial charge in [-0.15, -0.1) is 0 Å². The van der Waals surface area contributed by atoms with Gasteiger partial charge in [-0.3, -0.25) is 13.7 Å².